The summed E-state index contributed by atoms with van der Waals surface area (Å²) in [4.78, 5) is 12.1. The number of fused-ring (bicyclic) bond motifs is 2. The lowest BCUT2D eigenvalue weighted by molar-refractivity contribution is -0.116. The zero-order chi connectivity index (χ0) is 16.0. The second-order valence-electron chi connectivity index (χ2n) is 5.90. The van der Waals surface area contributed by atoms with Gasteiger partial charge in [0.25, 0.3) is 0 Å². The van der Waals surface area contributed by atoms with E-state index in [0.717, 1.165) is 27.0 Å². The van der Waals surface area contributed by atoms with Gasteiger partial charge in [-0.3, -0.25) is 4.79 Å². The molecule has 2 aliphatic heterocycles. The van der Waals surface area contributed by atoms with E-state index in [9.17, 15) is 4.79 Å². The Kier molecular flexibility index (Phi) is 3.53. The lowest BCUT2D eigenvalue weighted by Crippen LogP contribution is -2.24. The van der Waals surface area contributed by atoms with Crippen molar-refractivity contribution in [1.82, 2.24) is 0 Å². The number of ether oxygens (including phenoxy) is 2. The number of carbonyl (C=O) groups excluding carboxylic acids is 1. The van der Waals surface area contributed by atoms with Gasteiger partial charge >= 0.3 is 0 Å². The summed E-state index contributed by atoms with van der Waals surface area (Å²) in [5.74, 6) is 1.49. The number of halogens is 1. The number of amides is 1. The molecule has 2 aliphatic rings. The van der Waals surface area contributed by atoms with Crippen LogP contribution in [-0.2, 0) is 4.79 Å². The topological polar surface area (TPSA) is 47.6 Å². The van der Waals surface area contributed by atoms with Crippen LogP contribution in [-0.4, -0.2) is 19.1 Å². The summed E-state index contributed by atoms with van der Waals surface area (Å²) in [6.45, 7) is 3.14. The normalized spacial score (nSPS) is 19.0. The first-order valence-electron chi connectivity index (χ1n) is 7.61. The number of benzene rings is 2. The molecule has 0 fully saturated rings. The molecule has 1 amide bonds. The van der Waals surface area contributed by atoms with Crippen molar-refractivity contribution in [3.05, 3.63) is 51.5 Å². The third kappa shape index (κ3) is 2.59. The van der Waals surface area contributed by atoms with Gasteiger partial charge in [0.05, 0.1) is 0 Å². The Labute approximate surface area is 142 Å². The van der Waals surface area contributed by atoms with Crippen LogP contribution in [0.3, 0.4) is 0 Å². The summed E-state index contributed by atoms with van der Waals surface area (Å²) in [7, 11) is 0. The molecule has 0 saturated heterocycles. The van der Waals surface area contributed by atoms with E-state index in [2.05, 4.69) is 46.4 Å². The molecular weight excluding hydrogens is 358 g/mol. The molecule has 2 aromatic rings. The minimum atomic E-state index is 0.0199. The summed E-state index contributed by atoms with van der Waals surface area (Å²) < 4.78 is 12.4. The number of rotatable bonds is 1. The first-order valence-corrected chi connectivity index (χ1v) is 8.40. The molecule has 23 heavy (non-hydrogen) atoms. The number of nitrogens with one attached hydrogen (secondary N) is 1. The highest BCUT2D eigenvalue weighted by Crippen LogP contribution is 2.44. The van der Waals surface area contributed by atoms with Crippen molar-refractivity contribution in [2.75, 3.05) is 18.5 Å². The van der Waals surface area contributed by atoms with Crippen LogP contribution in [0.15, 0.2) is 34.8 Å². The van der Waals surface area contributed by atoms with Crippen molar-refractivity contribution in [3.8, 4) is 11.5 Å². The van der Waals surface area contributed by atoms with E-state index >= 15 is 0 Å². The molecule has 0 unspecified atom stereocenters. The Hall–Kier alpha value is -2.01. The van der Waals surface area contributed by atoms with Gasteiger partial charge in [-0.1, -0.05) is 28.1 Å². The second-order valence-corrected chi connectivity index (χ2v) is 6.75. The number of aryl methyl sites for hydroxylation is 1. The van der Waals surface area contributed by atoms with Gasteiger partial charge in [-0.2, -0.15) is 0 Å². The fourth-order valence-electron chi connectivity index (χ4n) is 3.12. The maximum Gasteiger partial charge on any atom is 0.225 e. The first kappa shape index (κ1) is 14.6. The molecule has 118 valence electrons. The monoisotopic (exact) mass is 373 g/mol. The standard InChI is InChI=1S/C18H16BrNO3/c1-10-2-3-11(6-14(10)19)12-8-18(21)20-15-9-17-16(7-13(12)15)22-4-5-23-17/h2-3,6-7,9,12H,4-5,8H2,1H3,(H,20,21)/t12-/m0/s1. The highest BCUT2D eigenvalue weighted by atomic mass is 79.9. The maximum atomic E-state index is 12.1. The Morgan fingerprint density at radius 1 is 1.13 bits per heavy atom. The minimum Gasteiger partial charge on any atom is -0.486 e. The van der Waals surface area contributed by atoms with Crippen molar-refractivity contribution in [2.24, 2.45) is 0 Å². The molecule has 2 aromatic carbocycles. The molecule has 1 atom stereocenters. The van der Waals surface area contributed by atoms with Crippen LogP contribution >= 0.6 is 15.9 Å². The quantitative estimate of drug-likeness (QED) is 0.821. The molecule has 0 saturated carbocycles. The molecule has 0 aliphatic carbocycles. The largest absolute Gasteiger partial charge is 0.486 e. The third-order valence-electron chi connectivity index (χ3n) is 4.35. The maximum absolute atomic E-state index is 12.1. The van der Waals surface area contributed by atoms with Crippen LogP contribution < -0.4 is 14.8 Å². The van der Waals surface area contributed by atoms with Gasteiger partial charge in [0.15, 0.2) is 11.5 Å². The van der Waals surface area contributed by atoms with Gasteiger partial charge in [0.1, 0.15) is 13.2 Å². The first-order chi connectivity index (χ1) is 11.1. The smallest absolute Gasteiger partial charge is 0.225 e. The van der Waals surface area contributed by atoms with E-state index in [1.165, 1.54) is 5.56 Å². The van der Waals surface area contributed by atoms with Crippen LogP contribution in [0.2, 0.25) is 0 Å². The molecule has 4 nitrogen and oxygen atoms in total. The summed E-state index contributed by atoms with van der Waals surface area (Å²) >= 11 is 3.58. The molecule has 0 aromatic heterocycles. The molecule has 5 heteroatoms. The Morgan fingerprint density at radius 3 is 2.61 bits per heavy atom. The van der Waals surface area contributed by atoms with Gasteiger partial charge in [-0.25, -0.2) is 0 Å². The molecule has 4 rings (SSSR count). The van der Waals surface area contributed by atoms with Gasteiger partial charge < -0.3 is 14.8 Å². The van der Waals surface area contributed by atoms with Crippen molar-refractivity contribution >= 4 is 27.5 Å². The average Bonchev–Trinajstić information content (AvgIpc) is 2.55. The number of carbonyl (C=O) groups is 1. The Balaban J connectivity index is 1.83. The van der Waals surface area contributed by atoms with Crippen LogP contribution in [0.25, 0.3) is 0 Å². The summed E-state index contributed by atoms with van der Waals surface area (Å²) in [5.41, 5.74) is 4.18. The lowest BCUT2D eigenvalue weighted by Gasteiger charge is -2.29. The van der Waals surface area contributed by atoms with Gasteiger partial charge in [-0.15, -0.1) is 0 Å². The average molecular weight is 374 g/mol. The number of hydrogen-bond acceptors (Lipinski definition) is 3. The minimum absolute atomic E-state index is 0.0199. The summed E-state index contributed by atoms with van der Waals surface area (Å²) in [6, 6.07) is 10.1. The van der Waals surface area contributed by atoms with Crippen molar-refractivity contribution in [1.29, 1.82) is 0 Å². The van der Waals surface area contributed by atoms with Crippen LogP contribution in [0.5, 0.6) is 11.5 Å². The fraction of sp³-hybridized carbons (Fsp3) is 0.278. The molecule has 0 bridgehead atoms. The molecule has 0 spiro atoms. The molecule has 1 N–H and O–H groups in total. The number of hydrogen-bond donors (Lipinski definition) is 1. The molecule has 2 heterocycles. The lowest BCUT2D eigenvalue weighted by atomic mass is 9.84. The van der Waals surface area contributed by atoms with Crippen LogP contribution in [0.4, 0.5) is 5.69 Å². The van der Waals surface area contributed by atoms with Gasteiger partial charge in [0.2, 0.25) is 5.91 Å². The molecular formula is C18H16BrNO3. The zero-order valence-electron chi connectivity index (χ0n) is 12.7. The van der Waals surface area contributed by atoms with E-state index in [4.69, 9.17) is 9.47 Å². The Morgan fingerprint density at radius 2 is 1.87 bits per heavy atom. The summed E-state index contributed by atoms with van der Waals surface area (Å²) in [5, 5.41) is 2.95. The predicted molar refractivity (Wildman–Crippen MR) is 91.4 cm³/mol. The third-order valence-corrected chi connectivity index (χ3v) is 5.21. The second kappa shape index (κ2) is 5.57. The van der Waals surface area contributed by atoms with Gasteiger partial charge in [0, 0.05) is 28.6 Å². The van der Waals surface area contributed by atoms with Crippen molar-refractivity contribution < 1.29 is 14.3 Å². The van der Waals surface area contributed by atoms with E-state index in [1.807, 2.05) is 12.1 Å². The predicted octanol–water partition coefficient (Wildman–Crippen LogP) is 4.00. The van der Waals surface area contributed by atoms with Crippen molar-refractivity contribution in [3.63, 3.8) is 0 Å². The fourth-order valence-corrected chi connectivity index (χ4v) is 3.52. The van der Waals surface area contributed by atoms with Crippen LogP contribution in [0.1, 0.15) is 29.0 Å². The van der Waals surface area contributed by atoms with E-state index < -0.39 is 0 Å². The number of anilines is 1. The summed E-state index contributed by atoms with van der Waals surface area (Å²) in [6.07, 6.45) is 0.433. The SMILES string of the molecule is Cc1ccc([C@@H]2CC(=O)Nc3cc4c(cc32)OCCO4)cc1Br. The highest BCUT2D eigenvalue weighted by Gasteiger charge is 2.29. The van der Waals surface area contributed by atoms with E-state index in [-0.39, 0.29) is 11.8 Å². The van der Waals surface area contributed by atoms with Gasteiger partial charge in [-0.05, 0) is 35.7 Å². The van der Waals surface area contributed by atoms with E-state index in [1.54, 1.807) is 0 Å². The Bertz CT molecular complexity index is 803. The zero-order valence-corrected chi connectivity index (χ0v) is 14.3. The van der Waals surface area contributed by atoms with E-state index in [0.29, 0.717) is 25.4 Å². The molecule has 0 radical (unpaired) electrons. The highest BCUT2D eigenvalue weighted by molar-refractivity contribution is 9.10. The van der Waals surface area contributed by atoms with Crippen LogP contribution in [0, 0.1) is 6.92 Å². The van der Waals surface area contributed by atoms with Crippen molar-refractivity contribution in [2.45, 2.75) is 19.3 Å².